The highest BCUT2D eigenvalue weighted by atomic mass is 16.5. The molecule has 1 heterocycles. The van der Waals surface area contributed by atoms with Gasteiger partial charge in [0.2, 0.25) is 5.78 Å². The fourth-order valence-electron chi connectivity index (χ4n) is 0.810. The Bertz CT molecular complexity index is 228. The molecular weight excluding hydrogens is 142 g/mol. The topological polar surface area (TPSA) is 42.1 Å². The van der Waals surface area contributed by atoms with Gasteiger partial charge in [0.05, 0.1) is 5.69 Å². The first-order valence-electron chi connectivity index (χ1n) is 3.46. The second-order valence-corrected chi connectivity index (χ2v) is 2.33. The van der Waals surface area contributed by atoms with Gasteiger partial charge in [0.1, 0.15) is 6.10 Å². The Balaban J connectivity index is 2.70. The number of methoxy groups -OCH3 is 1. The molecule has 0 amide bonds. The number of H-pyrrole nitrogens is 1. The minimum atomic E-state index is -0.367. The zero-order valence-electron chi connectivity index (χ0n) is 6.63. The summed E-state index contributed by atoms with van der Waals surface area (Å²) < 4.78 is 4.87. The molecule has 3 nitrogen and oxygen atoms in total. The van der Waals surface area contributed by atoms with Crippen molar-refractivity contribution < 1.29 is 9.53 Å². The maximum atomic E-state index is 11.3. The maximum absolute atomic E-state index is 11.3. The Hall–Kier alpha value is -1.09. The van der Waals surface area contributed by atoms with Crippen molar-refractivity contribution in [1.82, 2.24) is 4.98 Å². The highest BCUT2D eigenvalue weighted by Gasteiger charge is 2.13. The number of hydrogen-bond acceptors (Lipinski definition) is 2. The van der Waals surface area contributed by atoms with Crippen LogP contribution in [-0.4, -0.2) is 24.0 Å². The first-order valence-corrected chi connectivity index (χ1v) is 3.46. The fourth-order valence-corrected chi connectivity index (χ4v) is 0.810. The number of hydrogen-bond donors (Lipinski definition) is 1. The van der Waals surface area contributed by atoms with E-state index in [2.05, 4.69) is 4.98 Å². The monoisotopic (exact) mass is 153 g/mol. The van der Waals surface area contributed by atoms with Gasteiger partial charge in [0.15, 0.2) is 0 Å². The Morgan fingerprint density at radius 3 is 2.91 bits per heavy atom. The van der Waals surface area contributed by atoms with Crippen molar-refractivity contribution in [2.45, 2.75) is 13.0 Å². The molecule has 11 heavy (non-hydrogen) atoms. The molecule has 0 spiro atoms. The molecule has 0 aliphatic carbocycles. The summed E-state index contributed by atoms with van der Waals surface area (Å²) in [6.07, 6.45) is 1.35. The van der Waals surface area contributed by atoms with E-state index in [1.807, 2.05) is 0 Å². The molecule has 1 N–H and O–H groups in total. The normalized spacial score (nSPS) is 12.9. The van der Waals surface area contributed by atoms with Crippen molar-refractivity contribution in [3.05, 3.63) is 24.0 Å². The third-order valence-corrected chi connectivity index (χ3v) is 1.59. The zero-order chi connectivity index (χ0) is 8.27. The second-order valence-electron chi connectivity index (χ2n) is 2.33. The molecular formula is C8H11NO2. The van der Waals surface area contributed by atoms with Crippen LogP contribution in [0.5, 0.6) is 0 Å². The van der Waals surface area contributed by atoms with E-state index < -0.39 is 0 Å². The van der Waals surface area contributed by atoms with Gasteiger partial charge in [-0.25, -0.2) is 0 Å². The number of aromatic nitrogens is 1. The lowest BCUT2D eigenvalue weighted by molar-refractivity contribution is 0.0651. The van der Waals surface area contributed by atoms with E-state index in [4.69, 9.17) is 4.74 Å². The predicted octanol–water partition coefficient (Wildman–Crippen LogP) is 1.23. The van der Waals surface area contributed by atoms with Gasteiger partial charge in [-0.2, -0.15) is 0 Å². The van der Waals surface area contributed by atoms with Gasteiger partial charge in [-0.15, -0.1) is 0 Å². The lowest BCUT2D eigenvalue weighted by Crippen LogP contribution is -2.19. The van der Waals surface area contributed by atoms with Crippen LogP contribution in [-0.2, 0) is 4.74 Å². The number of nitrogens with one attached hydrogen (secondary N) is 1. The molecule has 3 heteroatoms. The standard InChI is InChI=1S/C8H11NO2/c1-6(11-2)8(10)7-4-3-5-9-7/h3-6,9H,1-2H3. The Kier molecular flexibility index (Phi) is 2.44. The summed E-state index contributed by atoms with van der Waals surface area (Å²) in [7, 11) is 1.52. The van der Waals surface area contributed by atoms with Crippen molar-refractivity contribution in [2.24, 2.45) is 0 Å². The number of carbonyl (C=O) groups excluding carboxylic acids is 1. The summed E-state index contributed by atoms with van der Waals surface area (Å²) in [5.41, 5.74) is 0.597. The van der Waals surface area contributed by atoms with E-state index in [0.29, 0.717) is 5.69 Å². The van der Waals surface area contributed by atoms with Crippen LogP contribution in [0.15, 0.2) is 18.3 Å². The quantitative estimate of drug-likeness (QED) is 0.663. The third-order valence-electron chi connectivity index (χ3n) is 1.59. The van der Waals surface area contributed by atoms with Crippen molar-refractivity contribution in [3.8, 4) is 0 Å². The van der Waals surface area contributed by atoms with Crippen molar-refractivity contribution in [2.75, 3.05) is 7.11 Å². The Morgan fingerprint density at radius 1 is 1.73 bits per heavy atom. The van der Waals surface area contributed by atoms with Gasteiger partial charge in [0.25, 0.3) is 0 Å². The molecule has 0 saturated heterocycles. The molecule has 0 radical (unpaired) electrons. The predicted molar refractivity (Wildman–Crippen MR) is 41.6 cm³/mol. The molecule has 1 atom stereocenters. The molecule has 0 aromatic carbocycles. The largest absolute Gasteiger partial charge is 0.374 e. The number of ether oxygens (including phenoxy) is 1. The minimum Gasteiger partial charge on any atom is -0.374 e. The Labute approximate surface area is 65.4 Å². The van der Waals surface area contributed by atoms with Crippen LogP contribution in [0.4, 0.5) is 0 Å². The van der Waals surface area contributed by atoms with Crippen LogP contribution >= 0.6 is 0 Å². The first kappa shape index (κ1) is 8.01. The third kappa shape index (κ3) is 1.68. The van der Waals surface area contributed by atoms with E-state index in [-0.39, 0.29) is 11.9 Å². The van der Waals surface area contributed by atoms with E-state index in [1.165, 1.54) is 7.11 Å². The zero-order valence-corrected chi connectivity index (χ0v) is 6.63. The van der Waals surface area contributed by atoms with E-state index in [0.717, 1.165) is 0 Å². The Morgan fingerprint density at radius 2 is 2.45 bits per heavy atom. The van der Waals surface area contributed by atoms with Crippen molar-refractivity contribution >= 4 is 5.78 Å². The summed E-state index contributed by atoms with van der Waals surface area (Å²) in [6.45, 7) is 1.73. The fraction of sp³-hybridized carbons (Fsp3) is 0.375. The molecule has 1 aromatic heterocycles. The van der Waals surface area contributed by atoms with Crippen LogP contribution in [0.2, 0.25) is 0 Å². The summed E-state index contributed by atoms with van der Waals surface area (Å²) >= 11 is 0. The average Bonchev–Trinajstić information content (AvgIpc) is 2.53. The van der Waals surface area contributed by atoms with Crippen LogP contribution in [0.1, 0.15) is 17.4 Å². The number of Topliss-reactive ketones (excluding diaryl/α,β-unsaturated/α-hetero) is 1. The second kappa shape index (κ2) is 3.34. The number of ketones is 1. The highest BCUT2D eigenvalue weighted by Crippen LogP contribution is 2.01. The van der Waals surface area contributed by atoms with E-state index in [9.17, 15) is 4.79 Å². The molecule has 1 unspecified atom stereocenters. The van der Waals surface area contributed by atoms with Gasteiger partial charge >= 0.3 is 0 Å². The molecule has 1 aromatic rings. The van der Waals surface area contributed by atoms with Crippen LogP contribution in [0.25, 0.3) is 0 Å². The lowest BCUT2D eigenvalue weighted by atomic mass is 10.2. The summed E-state index contributed by atoms with van der Waals surface area (Å²) in [5, 5.41) is 0. The summed E-state index contributed by atoms with van der Waals surface area (Å²) in [6, 6.07) is 3.52. The molecule has 0 aliphatic rings. The molecule has 0 saturated carbocycles. The van der Waals surface area contributed by atoms with Crippen LogP contribution in [0, 0.1) is 0 Å². The highest BCUT2D eigenvalue weighted by molar-refractivity contribution is 5.97. The van der Waals surface area contributed by atoms with E-state index in [1.54, 1.807) is 25.3 Å². The van der Waals surface area contributed by atoms with Gasteiger partial charge in [0, 0.05) is 13.3 Å². The summed E-state index contributed by atoms with van der Waals surface area (Å²) in [5.74, 6) is -0.0162. The van der Waals surface area contributed by atoms with E-state index >= 15 is 0 Å². The van der Waals surface area contributed by atoms with Gasteiger partial charge < -0.3 is 9.72 Å². The molecule has 60 valence electrons. The molecule has 0 fully saturated rings. The number of carbonyl (C=O) groups is 1. The smallest absolute Gasteiger partial charge is 0.207 e. The number of rotatable bonds is 3. The van der Waals surface area contributed by atoms with Crippen LogP contribution in [0.3, 0.4) is 0 Å². The summed E-state index contributed by atoms with van der Waals surface area (Å²) in [4.78, 5) is 14.1. The average molecular weight is 153 g/mol. The molecule has 0 aliphatic heterocycles. The maximum Gasteiger partial charge on any atom is 0.207 e. The van der Waals surface area contributed by atoms with Gasteiger partial charge in [-0.1, -0.05) is 0 Å². The van der Waals surface area contributed by atoms with Crippen molar-refractivity contribution in [1.29, 1.82) is 0 Å². The first-order chi connectivity index (χ1) is 5.25. The molecule has 1 rings (SSSR count). The number of aromatic amines is 1. The van der Waals surface area contributed by atoms with Crippen molar-refractivity contribution in [3.63, 3.8) is 0 Å². The SMILES string of the molecule is COC(C)C(=O)c1ccc[nH]1. The molecule has 0 bridgehead atoms. The minimum absolute atomic E-state index is 0.0162. The van der Waals surface area contributed by atoms with Gasteiger partial charge in [-0.3, -0.25) is 4.79 Å². The van der Waals surface area contributed by atoms with Gasteiger partial charge in [-0.05, 0) is 19.1 Å². The lowest BCUT2D eigenvalue weighted by Gasteiger charge is -2.05. The van der Waals surface area contributed by atoms with Crippen LogP contribution < -0.4 is 0 Å².